The van der Waals surface area contributed by atoms with Crippen LogP contribution in [0.25, 0.3) is 11.0 Å². The molecule has 40 heavy (non-hydrogen) atoms. The molecule has 3 unspecified atom stereocenters. The molecule has 208 valence electrons. The fraction of sp³-hybridized carbons (Fsp3) is 0.433. The van der Waals surface area contributed by atoms with Crippen molar-refractivity contribution in [1.29, 1.82) is 0 Å². The molecule has 1 saturated heterocycles. The number of aromatic nitrogens is 2. The molecular weight excluding hydrogens is 518 g/mol. The van der Waals surface area contributed by atoms with E-state index in [-0.39, 0.29) is 23.6 Å². The highest BCUT2D eigenvalue weighted by Crippen LogP contribution is 2.46. The number of aldehydes is 1. The second kappa shape index (κ2) is 9.98. The maximum atomic E-state index is 13.3. The van der Waals surface area contributed by atoms with Crippen molar-refractivity contribution in [2.75, 3.05) is 27.2 Å². The van der Waals surface area contributed by atoms with Crippen LogP contribution in [0.1, 0.15) is 65.1 Å². The number of likely N-dealkylation sites (tertiary alicyclic amines) is 1. The number of halogens is 2. The van der Waals surface area contributed by atoms with E-state index in [1.807, 2.05) is 41.8 Å². The third kappa shape index (κ3) is 4.63. The summed E-state index contributed by atoms with van der Waals surface area (Å²) in [6, 6.07) is 9.78. The number of fused-ring (bicyclic) bond motifs is 3. The molecule has 0 spiro atoms. The first-order valence-corrected chi connectivity index (χ1v) is 13.4. The average molecular weight is 549 g/mol. The highest BCUT2D eigenvalue weighted by atomic mass is 19.3. The molecule has 1 aromatic heterocycles. The molecule has 6 rings (SSSR count). The third-order valence-electron chi connectivity index (χ3n) is 8.19. The van der Waals surface area contributed by atoms with Crippen LogP contribution in [0, 0.1) is 17.8 Å². The topological polar surface area (TPSA) is 87.9 Å². The van der Waals surface area contributed by atoms with Gasteiger partial charge in [-0.2, -0.15) is 8.78 Å². The molecule has 8 nitrogen and oxygen atoms in total. The monoisotopic (exact) mass is 548 g/mol. The number of rotatable bonds is 6. The van der Waals surface area contributed by atoms with Gasteiger partial charge in [0.2, 0.25) is 0 Å². The largest absolute Gasteiger partial charge is 0.434 e. The van der Waals surface area contributed by atoms with E-state index in [2.05, 4.69) is 11.8 Å². The van der Waals surface area contributed by atoms with Crippen LogP contribution in [0.15, 0.2) is 36.4 Å². The smallest absolute Gasteiger partial charge is 0.387 e. The molecule has 2 fully saturated rings. The minimum atomic E-state index is -3.03. The number of ether oxygens (including phenoxy) is 1. The van der Waals surface area contributed by atoms with Gasteiger partial charge >= 0.3 is 6.61 Å². The Morgan fingerprint density at radius 1 is 1.27 bits per heavy atom. The fourth-order valence-corrected chi connectivity index (χ4v) is 5.96. The Morgan fingerprint density at radius 2 is 2.08 bits per heavy atom. The van der Waals surface area contributed by atoms with Gasteiger partial charge in [0.25, 0.3) is 5.91 Å². The van der Waals surface area contributed by atoms with Crippen molar-refractivity contribution >= 4 is 23.2 Å². The average Bonchev–Trinajstić information content (AvgIpc) is 3.26. The van der Waals surface area contributed by atoms with Crippen LogP contribution in [0.3, 0.4) is 0 Å². The summed E-state index contributed by atoms with van der Waals surface area (Å²) in [6.07, 6.45) is 3.00. The van der Waals surface area contributed by atoms with Gasteiger partial charge in [-0.1, -0.05) is 24.0 Å². The lowest BCUT2D eigenvalue weighted by Crippen LogP contribution is -2.39. The summed E-state index contributed by atoms with van der Waals surface area (Å²) < 4.78 is 33.5. The Labute approximate surface area is 230 Å². The zero-order chi connectivity index (χ0) is 28.2. The predicted molar refractivity (Wildman–Crippen MR) is 143 cm³/mol. The number of aliphatic hydroxyl groups is 1. The highest BCUT2D eigenvalue weighted by molar-refractivity contribution is 5.88. The predicted octanol–water partition coefficient (Wildman–Crippen LogP) is 3.77. The van der Waals surface area contributed by atoms with Crippen LogP contribution < -0.4 is 4.74 Å². The Morgan fingerprint density at radius 3 is 2.77 bits per heavy atom. The summed E-state index contributed by atoms with van der Waals surface area (Å²) >= 11 is 0. The molecule has 0 radical (unpaired) electrons. The second-order valence-corrected chi connectivity index (χ2v) is 11.1. The van der Waals surface area contributed by atoms with Gasteiger partial charge in [-0.25, -0.2) is 4.98 Å². The molecule has 2 aliphatic heterocycles. The third-order valence-corrected chi connectivity index (χ3v) is 8.19. The Hall–Kier alpha value is -3.81. The van der Waals surface area contributed by atoms with Crippen molar-refractivity contribution in [3.05, 3.63) is 58.9 Å². The summed E-state index contributed by atoms with van der Waals surface area (Å²) in [4.78, 5) is 33.1. The van der Waals surface area contributed by atoms with Crippen LogP contribution in [0.4, 0.5) is 8.78 Å². The lowest BCUT2D eigenvalue weighted by Gasteiger charge is -2.22. The van der Waals surface area contributed by atoms with E-state index in [0.717, 1.165) is 28.8 Å². The standard InChI is InChI=1S/C30H30F2N4O4/c1-34(2)24-15-23(26-20(17-37)4-3-5-25(26)40-29(31)32)36-22-14-18(8-9-21(22)33-27(24)36)6-7-19-10-13-35(16-19)28(38)30(39)11-12-30/h3-5,8-9,14,17,19,23-24,29,39H,10-13,15-16H2,1-2H3. The van der Waals surface area contributed by atoms with Crippen LogP contribution in [0.5, 0.6) is 5.75 Å². The molecular formula is C30H30F2N4O4. The van der Waals surface area contributed by atoms with Gasteiger partial charge in [0.1, 0.15) is 17.2 Å². The molecule has 10 heteroatoms. The highest BCUT2D eigenvalue weighted by Gasteiger charge is 2.51. The number of carbonyl (C=O) groups excluding carboxylic acids is 2. The second-order valence-electron chi connectivity index (χ2n) is 11.1. The summed E-state index contributed by atoms with van der Waals surface area (Å²) in [7, 11) is 3.88. The van der Waals surface area contributed by atoms with E-state index in [9.17, 15) is 23.5 Å². The van der Waals surface area contributed by atoms with Crippen LogP contribution >= 0.6 is 0 Å². The number of carbonyl (C=O) groups is 2. The van der Waals surface area contributed by atoms with Crippen LogP contribution in [-0.4, -0.2) is 76.0 Å². The normalized spacial score (nSPS) is 22.9. The molecule has 3 heterocycles. The number of imidazole rings is 1. The van der Waals surface area contributed by atoms with Crippen LogP contribution in [-0.2, 0) is 4.79 Å². The first-order valence-electron chi connectivity index (χ1n) is 13.4. The molecule has 0 bridgehead atoms. The minimum Gasteiger partial charge on any atom is -0.434 e. The summed E-state index contributed by atoms with van der Waals surface area (Å²) in [6.45, 7) is -1.94. The Balaban J connectivity index is 1.36. The summed E-state index contributed by atoms with van der Waals surface area (Å²) in [5.41, 5.74) is 1.83. The molecule has 1 saturated carbocycles. The van der Waals surface area contributed by atoms with E-state index >= 15 is 0 Å². The SMILES string of the molecule is CN(C)C1CC(c2c(C=O)cccc2OC(F)F)n2c1nc1ccc(C#CC3CCN(C(=O)C4(O)CC4)C3)cc12. The zero-order valence-electron chi connectivity index (χ0n) is 22.3. The lowest BCUT2D eigenvalue weighted by molar-refractivity contribution is -0.141. The summed E-state index contributed by atoms with van der Waals surface area (Å²) in [5.74, 6) is 7.10. The maximum Gasteiger partial charge on any atom is 0.387 e. The molecule has 2 aromatic carbocycles. The minimum absolute atomic E-state index is 0.0116. The van der Waals surface area contributed by atoms with Gasteiger partial charge in [-0.15, -0.1) is 0 Å². The van der Waals surface area contributed by atoms with Crippen molar-refractivity contribution in [2.24, 2.45) is 5.92 Å². The zero-order valence-corrected chi connectivity index (χ0v) is 22.3. The Kier molecular flexibility index (Phi) is 6.59. The maximum absolute atomic E-state index is 13.3. The van der Waals surface area contributed by atoms with E-state index < -0.39 is 18.3 Å². The van der Waals surface area contributed by atoms with Crippen molar-refractivity contribution in [3.63, 3.8) is 0 Å². The van der Waals surface area contributed by atoms with Crippen molar-refractivity contribution in [2.45, 2.75) is 50.0 Å². The molecule has 3 aromatic rings. The van der Waals surface area contributed by atoms with Gasteiger partial charge in [0.05, 0.1) is 23.1 Å². The number of hydrogen-bond acceptors (Lipinski definition) is 6. The number of benzene rings is 2. The van der Waals surface area contributed by atoms with Crippen molar-refractivity contribution in [3.8, 4) is 17.6 Å². The molecule has 3 aliphatic rings. The number of alkyl halides is 2. The fourth-order valence-electron chi connectivity index (χ4n) is 5.96. The molecule has 3 atom stereocenters. The van der Waals surface area contributed by atoms with Gasteiger partial charge < -0.3 is 19.3 Å². The van der Waals surface area contributed by atoms with Gasteiger partial charge in [-0.3, -0.25) is 14.5 Å². The quantitative estimate of drug-likeness (QED) is 0.373. The number of amides is 1. The van der Waals surface area contributed by atoms with Crippen LogP contribution in [0.2, 0.25) is 0 Å². The first-order chi connectivity index (χ1) is 19.2. The van der Waals surface area contributed by atoms with E-state index in [1.54, 1.807) is 11.0 Å². The number of hydrogen-bond donors (Lipinski definition) is 1. The summed E-state index contributed by atoms with van der Waals surface area (Å²) in [5, 5.41) is 10.2. The van der Waals surface area contributed by atoms with E-state index in [1.165, 1.54) is 12.1 Å². The molecule has 1 aliphatic carbocycles. The van der Waals surface area contributed by atoms with Gasteiger partial charge in [-0.05, 0) is 64.0 Å². The van der Waals surface area contributed by atoms with Gasteiger partial charge in [0.15, 0.2) is 6.29 Å². The lowest BCUT2D eigenvalue weighted by atomic mass is 9.96. The van der Waals surface area contributed by atoms with Crippen molar-refractivity contribution in [1.82, 2.24) is 19.4 Å². The number of nitrogens with zero attached hydrogens (tertiary/aromatic N) is 4. The van der Waals surface area contributed by atoms with Gasteiger partial charge in [0, 0.05) is 35.7 Å². The molecule has 1 N–H and O–H groups in total. The van der Waals surface area contributed by atoms with Crippen molar-refractivity contribution < 1.29 is 28.2 Å². The van der Waals surface area contributed by atoms with E-state index in [4.69, 9.17) is 9.72 Å². The Bertz CT molecular complexity index is 1550. The first kappa shape index (κ1) is 26.4. The molecule has 1 amide bonds. The van der Waals surface area contributed by atoms with E-state index in [0.29, 0.717) is 49.8 Å².